The Hall–Kier alpha value is -2.57. The normalized spacial score (nSPS) is 11.2. The first-order valence-electron chi connectivity index (χ1n) is 8.84. The fourth-order valence-corrected chi connectivity index (χ4v) is 4.90. The van der Waals surface area contributed by atoms with E-state index < -0.39 is 0 Å². The van der Waals surface area contributed by atoms with Crippen molar-refractivity contribution in [2.45, 2.75) is 26.7 Å². The summed E-state index contributed by atoms with van der Waals surface area (Å²) in [5.41, 5.74) is 4.23. The molecule has 0 atom stereocenters. The molecule has 6 heteroatoms. The molecule has 0 fully saturated rings. The molecule has 0 aliphatic heterocycles. The number of pyridine rings is 1. The molecule has 0 spiro atoms. The number of aromatic nitrogens is 3. The quantitative estimate of drug-likeness (QED) is 0.498. The van der Waals surface area contributed by atoms with E-state index in [0.717, 1.165) is 34.3 Å². The molecule has 0 amide bonds. The summed E-state index contributed by atoms with van der Waals surface area (Å²) < 4.78 is 2.03. The van der Waals surface area contributed by atoms with Gasteiger partial charge in [-0.3, -0.25) is 14.3 Å². The van der Waals surface area contributed by atoms with E-state index in [1.165, 1.54) is 16.0 Å². The summed E-state index contributed by atoms with van der Waals surface area (Å²) in [4.78, 5) is 22.5. The van der Waals surface area contributed by atoms with Gasteiger partial charge in [0.1, 0.15) is 4.83 Å². The van der Waals surface area contributed by atoms with Gasteiger partial charge in [0.25, 0.3) is 5.56 Å². The Morgan fingerprint density at radius 2 is 1.78 bits per heavy atom. The molecule has 0 saturated heterocycles. The lowest BCUT2D eigenvalue weighted by atomic mass is 10.1. The highest BCUT2D eigenvalue weighted by Gasteiger charge is 2.15. The molecule has 0 aliphatic rings. The maximum absolute atomic E-state index is 13.2. The van der Waals surface area contributed by atoms with Crippen molar-refractivity contribution in [2.75, 3.05) is 0 Å². The molecule has 3 heterocycles. The Morgan fingerprint density at radius 3 is 2.44 bits per heavy atom. The summed E-state index contributed by atoms with van der Waals surface area (Å²) in [7, 11) is 0. The topological polar surface area (TPSA) is 50.7 Å². The van der Waals surface area contributed by atoms with Crippen LogP contribution in [0.25, 0.3) is 15.9 Å². The second-order valence-corrected chi connectivity index (χ2v) is 8.08. The zero-order valence-electron chi connectivity index (χ0n) is 15.2. The van der Waals surface area contributed by atoms with Gasteiger partial charge >= 0.3 is 0 Å². The van der Waals surface area contributed by atoms with Gasteiger partial charge in [0.2, 0.25) is 0 Å². The number of hydrogen-bond donors (Lipinski definition) is 1. The molecule has 4 nitrogen and oxygen atoms in total. The average molecular weight is 394 g/mol. The van der Waals surface area contributed by atoms with E-state index in [0.29, 0.717) is 4.77 Å². The number of nitrogens with zero attached hydrogens (tertiary/aromatic N) is 2. The van der Waals surface area contributed by atoms with E-state index >= 15 is 0 Å². The van der Waals surface area contributed by atoms with E-state index in [1.54, 1.807) is 28.3 Å². The highest BCUT2D eigenvalue weighted by Crippen LogP contribution is 2.27. The minimum absolute atomic E-state index is 0.0446. The van der Waals surface area contributed by atoms with Gasteiger partial charge in [0, 0.05) is 17.3 Å². The summed E-state index contributed by atoms with van der Waals surface area (Å²) >= 11 is 7.08. The third kappa shape index (κ3) is 3.26. The number of hydrogen-bond acceptors (Lipinski definition) is 4. The van der Waals surface area contributed by atoms with Crippen LogP contribution in [0.4, 0.5) is 0 Å². The number of nitrogens with one attached hydrogen (secondary N) is 1. The van der Waals surface area contributed by atoms with Crippen LogP contribution in [0.5, 0.6) is 0 Å². The zero-order chi connectivity index (χ0) is 19.0. The van der Waals surface area contributed by atoms with Gasteiger partial charge in [-0.05, 0) is 72.9 Å². The van der Waals surface area contributed by atoms with Crippen LogP contribution < -0.4 is 5.56 Å². The maximum atomic E-state index is 13.2. The number of aryl methyl sites for hydroxylation is 2. The lowest BCUT2D eigenvalue weighted by Gasteiger charge is -2.09. The van der Waals surface area contributed by atoms with Crippen molar-refractivity contribution < 1.29 is 0 Å². The van der Waals surface area contributed by atoms with Crippen molar-refractivity contribution in [3.05, 3.63) is 85.5 Å². The number of benzene rings is 1. The lowest BCUT2D eigenvalue weighted by molar-refractivity contribution is 0.938. The Kier molecular flexibility index (Phi) is 4.76. The molecule has 0 unspecified atom stereocenters. The number of rotatable bonds is 4. The van der Waals surface area contributed by atoms with Crippen LogP contribution in [0.3, 0.4) is 0 Å². The molecule has 0 aliphatic carbocycles. The molecule has 27 heavy (non-hydrogen) atoms. The van der Waals surface area contributed by atoms with Gasteiger partial charge in [0.15, 0.2) is 4.77 Å². The second kappa shape index (κ2) is 7.21. The van der Waals surface area contributed by atoms with Gasteiger partial charge in [-0.15, -0.1) is 11.3 Å². The first-order valence-corrected chi connectivity index (χ1v) is 10.1. The Bertz CT molecular complexity index is 1220. The molecule has 3 aromatic heterocycles. The smallest absolute Gasteiger partial charge is 0.267 e. The average Bonchev–Trinajstić information content (AvgIpc) is 2.99. The van der Waals surface area contributed by atoms with E-state index in [2.05, 4.69) is 23.8 Å². The molecule has 136 valence electrons. The Morgan fingerprint density at radius 1 is 1.11 bits per heavy atom. The van der Waals surface area contributed by atoms with Crippen molar-refractivity contribution in [1.82, 2.24) is 14.5 Å². The van der Waals surface area contributed by atoms with Gasteiger partial charge in [0.05, 0.1) is 11.1 Å². The minimum atomic E-state index is -0.0446. The first-order chi connectivity index (χ1) is 13.1. The number of aromatic amines is 1. The SMILES string of the molecule is CCc1c(C)sc2[nH]c(=S)n(-c3ccc(Cc4ccncc4)cc3)c(=O)c12. The van der Waals surface area contributed by atoms with Crippen molar-refractivity contribution in [2.24, 2.45) is 0 Å². The van der Waals surface area contributed by atoms with Crippen molar-refractivity contribution in [3.63, 3.8) is 0 Å². The summed E-state index contributed by atoms with van der Waals surface area (Å²) in [6, 6.07) is 12.0. The van der Waals surface area contributed by atoms with E-state index in [4.69, 9.17) is 12.2 Å². The Labute approximate surface area is 166 Å². The van der Waals surface area contributed by atoms with Crippen molar-refractivity contribution in [3.8, 4) is 5.69 Å². The molecular weight excluding hydrogens is 374 g/mol. The van der Waals surface area contributed by atoms with Crippen LogP contribution in [-0.4, -0.2) is 14.5 Å². The number of H-pyrrole nitrogens is 1. The van der Waals surface area contributed by atoms with E-state index in [9.17, 15) is 4.79 Å². The van der Waals surface area contributed by atoms with Gasteiger partial charge in [-0.2, -0.15) is 0 Å². The molecule has 0 radical (unpaired) electrons. The summed E-state index contributed by atoms with van der Waals surface area (Å²) in [6.45, 7) is 4.13. The fourth-order valence-electron chi connectivity index (χ4n) is 3.41. The first kappa shape index (κ1) is 17.8. The number of thiophene rings is 1. The molecule has 0 bridgehead atoms. The minimum Gasteiger partial charge on any atom is -0.323 e. The Balaban J connectivity index is 1.78. The highest BCUT2D eigenvalue weighted by molar-refractivity contribution is 7.71. The van der Waals surface area contributed by atoms with E-state index in [-0.39, 0.29) is 5.56 Å². The van der Waals surface area contributed by atoms with Gasteiger partial charge in [-0.25, -0.2) is 0 Å². The maximum Gasteiger partial charge on any atom is 0.267 e. The monoisotopic (exact) mass is 393 g/mol. The van der Waals surface area contributed by atoms with Crippen LogP contribution in [0, 0.1) is 11.7 Å². The zero-order valence-corrected chi connectivity index (χ0v) is 16.8. The molecule has 1 N–H and O–H groups in total. The van der Waals surface area contributed by atoms with Crippen molar-refractivity contribution in [1.29, 1.82) is 0 Å². The fraction of sp³-hybridized carbons (Fsp3) is 0.190. The van der Waals surface area contributed by atoms with Gasteiger partial charge < -0.3 is 4.98 Å². The van der Waals surface area contributed by atoms with Gasteiger partial charge in [-0.1, -0.05) is 19.1 Å². The molecule has 4 aromatic rings. The van der Waals surface area contributed by atoms with Crippen LogP contribution in [-0.2, 0) is 12.8 Å². The summed E-state index contributed by atoms with van der Waals surface area (Å²) in [5.74, 6) is 0. The molecular formula is C21H19N3OS2. The lowest BCUT2D eigenvalue weighted by Crippen LogP contribution is -2.20. The predicted molar refractivity (Wildman–Crippen MR) is 114 cm³/mol. The molecule has 4 rings (SSSR count). The third-order valence-electron chi connectivity index (χ3n) is 4.76. The number of fused-ring (bicyclic) bond motifs is 1. The molecule has 0 saturated carbocycles. The van der Waals surface area contributed by atoms with Crippen LogP contribution in [0.1, 0.15) is 28.5 Å². The van der Waals surface area contributed by atoms with E-state index in [1.807, 2.05) is 36.4 Å². The van der Waals surface area contributed by atoms with Crippen LogP contribution in [0.2, 0.25) is 0 Å². The van der Waals surface area contributed by atoms with Crippen molar-refractivity contribution >= 4 is 33.8 Å². The van der Waals surface area contributed by atoms with Crippen LogP contribution >= 0.6 is 23.6 Å². The summed E-state index contributed by atoms with van der Waals surface area (Å²) in [5, 5.41) is 0.759. The molecule has 1 aromatic carbocycles. The highest BCUT2D eigenvalue weighted by atomic mass is 32.1. The van der Waals surface area contributed by atoms with Crippen LogP contribution in [0.15, 0.2) is 53.6 Å². The standard InChI is InChI=1S/C21H19N3OS2/c1-3-17-13(2)27-19-18(17)20(25)24(21(26)23-19)16-6-4-14(5-7-16)12-15-8-10-22-11-9-15/h4-11H,3,12H2,1-2H3,(H,23,26). The third-order valence-corrected chi connectivity index (χ3v) is 6.10. The largest absolute Gasteiger partial charge is 0.323 e. The predicted octanol–water partition coefficient (Wildman–Crippen LogP) is 4.97. The second-order valence-electron chi connectivity index (χ2n) is 6.46. The summed E-state index contributed by atoms with van der Waals surface area (Å²) in [6.07, 6.45) is 5.25.